The molecule has 0 aromatic carbocycles. The van der Waals surface area contributed by atoms with Crippen LogP contribution in [0, 0.1) is 0 Å². The summed E-state index contributed by atoms with van der Waals surface area (Å²) in [5.41, 5.74) is 0. The van der Waals surface area contributed by atoms with Gasteiger partial charge in [0, 0.05) is 30.7 Å². The number of piperidine rings is 2. The highest BCUT2D eigenvalue weighted by molar-refractivity contribution is 7.11. The lowest BCUT2D eigenvalue weighted by atomic mass is 10.00. The smallest absolute Gasteiger partial charge is 0.273 e. The van der Waals surface area contributed by atoms with Crippen LogP contribution in [0.2, 0.25) is 0 Å². The Morgan fingerprint density at radius 2 is 1.85 bits per heavy atom. The maximum absolute atomic E-state index is 5.90. The maximum atomic E-state index is 5.90. The number of halogens is 2. The molecule has 0 saturated carbocycles. The quantitative estimate of drug-likeness (QED) is 0.918. The van der Waals surface area contributed by atoms with Crippen molar-refractivity contribution in [2.75, 3.05) is 26.2 Å². The van der Waals surface area contributed by atoms with Crippen molar-refractivity contribution in [2.24, 2.45) is 0 Å². The Kier molecular flexibility index (Phi) is 8.14. The molecule has 3 rings (SSSR count). The number of thiazole rings is 1. The van der Waals surface area contributed by atoms with Crippen LogP contribution in [0.15, 0.2) is 11.6 Å². The van der Waals surface area contributed by atoms with Gasteiger partial charge >= 0.3 is 0 Å². The molecule has 0 aliphatic carbocycles. The molecule has 0 amide bonds. The van der Waals surface area contributed by atoms with E-state index in [1.807, 2.05) is 11.6 Å². The van der Waals surface area contributed by atoms with E-state index < -0.39 is 0 Å². The van der Waals surface area contributed by atoms with E-state index in [9.17, 15) is 0 Å². The summed E-state index contributed by atoms with van der Waals surface area (Å²) in [4.78, 5) is 6.85. The van der Waals surface area contributed by atoms with E-state index >= 15 is 0 Å². The number of nitrogens with zero attached hydrogens (tertiary/aromatic N) is 2. The summed E-state index contributed by atoms with van der Waals surface area (Å²) >= 11 is 1.59. The van der Waals surface area contributed by atoms with Crippen molar-refractivity contribution in [3.05, 3.63) is 11.6 Å². The summed E-state index contributed by atoms with van der Waals surface area (Å²) in [5, 5.41) is 6.23. The second-order valence-corrected chi connectivity index (χ2v) is 5.99. The third kappa shape index (κ3) is 4.74. The molecule has 2 fully saturated rings. The maximum Gasteiger partial charge on any atom is 0.273 e. The fraction of sp³-hybridized carbons (Fsp3) is 0.769. The first-order chi connectivity index (χ1) is 8.92. The van der Waals surface area contributed by atoms with Crippen molar-refractivity contribution in [3.8, 4) is 5.19 Å². The van der Waals surface area contributed by atoms with E-state index in [0.29, 0.717) is 6.10 Å². The highest BCUT2D eigenvalue weighted by Gasteiger charge is 2.27. The van der Waals surface area contributed by atoms with Crippen molar-refractivity contribution in [3.63, 3.8) is 0 Å². The second-order valence-electron chi connectivity index (χ2n) is 5.13. The minimum Gasteiger partial charge on any atom is -0.467 e. The van der Waals surface area contributed by atoms with Gasteiger partial charge in [0.1, 0.15) is 6.10 Å². The van der Waals surface area contributed by atoms with Crippen LogP contribution >= 0.6 is 36.2 Å². The van der Waals surface area contributed by atoms with Crippen LogP contribution < -0.4 is 10.1 Å². The summed E-state index contributed by atoms with van der Waals surface area (Å²) in [6.45, 7) is 4.72. The van der Waals surface area contributed by atoms with Gasteiger partial charge in [-0.15, -0.1) is 24.8 Å². The Balaban J connectivity index is 0.000001000. The average Bonchev–Trinajstić information content (AvgIpc) is 2.94. The van der Waals surface area contributed by atoms with Gasteiger partial charge in [-0.05, 0) is 38.8 Å². The van der Waals surface area contributed by atoms with Gasteiger partial charge in [0.05, 0.1) is 0 Å². The fourth-order valence-corrected chi connectivity index (χ4v) is 3.49. The number of rotatable bonds is 3. The topological polar surface area (TPSA) is 37.4 Å². The molecule has 2 aliphatic rings. The molecule has 3 heterocycles. The zero-order valence-electron chi connectivity index (χ0n) is 11.5. The van der Waals surface area contributed by atoms with Gasteiger partial charge in [0.25, 0.3) is 5.19 Å². The molecule has 116 valence electrons. The average molecular weight is 340 g/mol. The van der Waals surface area contributed by atoms with E-state index in [4.69, 9.17) is 4.74 Å². The zero-order valence-corrected chi connectivity index (χ0v) is 13.9. The first kappa shape index (κ1) is 18.0. The van der Waals surface area contributed by atoms with Crippen LogP contribution in [0.25, 0.3) is 0 Å². The third-order valence-electron chi connectivity index (χ3n) is 3.98. The molecule has 4 nitrogen and oxygen atoms in total. The molecule has 2 saturated heterocycles. The molecule has 0 radical (unpaired) electrons. The Morgan fingerprint density at radius 3 is 2.45 bits per heavy atom. The number of nitrogens with one attached hydrogen (secondary N) is 1. The van der Waals surface area contributed by atoms with Crippen molar-refractivity contribution in [2.45, 2.75) is 37.8 Å². The summed E-state index contributed by atoms with van der Waals surface area (Å²) in [7, 11) is 0. The number of aromatic nitrogens is 1. The lowest BCUT2D eigenvalue weighted by molar-refractivity contribution is 0.0652. The molecule has 2 aliphatic heterocycles. The normalized spacial score (nSPS) is 21.8. The highest BCUT2D eigenvalue weighted by Crippen LogP contribution is 2.23. The van der Waals surface area contributed by atoms with Gasteiger partial charge in [0.15, 0.2) is 0 Å². The molecule has 1 aromatic heterocycles. The minimum atomic E-state index is 0. The minimum absolute atomic E-state index is 0. The largest absolute Gasteiger partial charge is 0.467 e. The van der Waals surface area contributed by atoms with E-state index in [2.05, 4.69) is 15.2 Å². The van der Waals surface area contributed by atoms with Crippen LogP contribution in [0.3, 0.4) is 0 Å². The molecule has 0 spiro atoms. The predicted octanol–water partition coefficient (Wildman–Crippen LogP) is 2.58. The Labute approximate surface area is 137 Å². The first-order valence-corrected chi connectivity index (χ1v) is 7.81. The standard InChI is InChI=1S/C13H21N3OS.2ClH/c1-5-14-6-2-11(1)16-8-3-12(4-9-16)17-13-15-7-10-18-13;;/h7,10-12,14H,1-6,8-9H2;2*1H. The summed E-state index contributed by atoms with van der Waals surface area (Å²) in [6.07, 6.45) is 7.07. The van der Waals surface area contributed by atoms with Crippen LogP contribution in [-0.2, 0) is 0 Å². The number of hydrogen-bond acceptors (Lipinski definition) is 5. The van der Waals surface area contributed by atoms with Gasteiger partial charge in [0.2, 0.25) is 0 Å². The molecule has 0 unspecified atom stereocenters. The second kappa shape index (κ2) is 9.05. The van der Waals surface area contributed by atoms with Crippen molar-refractivity contribution in [1.29, 1.82) is 0 Å². The third-order valence-corrected chi connectivity index (χ3v) is 4.64. The monoisotopic (exact) mass is 339 g/mol. The SMILES string of the molecule is Cl.Cl.c1csc(OC2CCN(C3CCNCC3)CC2)n1. The van der Waals surface area contributed by atoms with Crippen LogP contribution in [0.4, 0.5) is 0 Å². The van der Waals surface area contributed by atoms with Gasteiger partial charge in [-0.2, -0.15) is 0 Å². The van der Waals surface area contributed by atoms with E-state index in [1.54, 1.807) is 11.3 Å². The molecule has 0 bridgehead atoms. The van der Waals surface area contributed by atoms with Gasteiger partial charge in [-0.3, -0.25) is 0 Å². The van der Waals surface area contributed by atoms with Crippen molar-refractivity contribution >= 4 is 36.2 Å². The van der Waals surface area contributed by atoms with Crippen LogP contribution in [0.1, 0.15) is 25.7 Å². The van der Waals surface area contributed by atoms with E-state index in [1.165, 1.54) is 39.0 Å². The molecule has 0 atom stereocenters. The van der Waals surface area contributed by atoms with E-state index in [0.717, 1.165) is 24.1 Å². The van der Waals surface area contributed by atoms with Crippen LogP contribution in [-0.4, -0.2) is 48.2 Å². The summed E-state index contributed by atoms with van der Waals surface area (Å²) in [5.74, 6) is 0. The number of hydrogen-bond donors (Lipinski definition) is 1. The molecule has 1 aromatic rings. The Hall–Kier alpha value is -0.0700. The highest BCUT2D eigenvalue weighted by atomic mass is 35.5. The Morgan fingerprint density at radius 1 is 1.15 bits per heavy atom. The number of likely N-dealkylation sites (tertiary alicyclic amines) is 1. The molecule has 20 heavy (non-hydrogen) atoms. The zero-order chi connectivity index (χ0) is 12.2. The van der Waals surface area contributed by atoms with E-state index in [-0.39, 0.29) is 24.8 Å². The molecular formula is C13H23Cl2N3OS. The molecule has 7 heteroatoms. The number of ether oxygens (including phenoxy) is 1. The Bertz CT molecular complexity index is 353. The van der Waals surface area contributed by atoms with Crippen molar-refractivity contribution < 1.29 is 4.74 Å². The van der Waals surface area contributed by atoms with Gasteiger partial charge in [-0.25, -0.2) is 4.98 Å². The lowest BCUT2D eigenvalue weighted by Gasteiger charge is -2.39. The summed E-state index contributed by atoms with van der Waals surface area (Å²) < 4.78 is 5.90. The fourth-order valence-electron chi connectivity index (χ4n) is 2.94. The lowest BCUT2D eigenvalue weighted by Crippen LogP contribution is -2.48. The van der Waals surface area contributed by atoms with Crippen LogP contribution in [0.5, 0.6) is 5.19 Å². The predicted molar refractivity (Wildman–Crippen MR) is 87.7 cm³/mol. The van der Waals surface area contributed by atoms with Gasteiger partial charge < -0.3 is 15.0 Å². The summed E-state index contributed by atoms with van der Waals surface area (Å²) in [6, 6.07) is 0.798. The molecular weight excluding hydrogens is 317 g/mol. The van der Waals surface area contributed by atoms with Crippen molar-refractivity contribution in [1.82, 2.24) is 15.2 Å². The van der Waals surface area contributed by atoms with Gasteiger partial charge in [-0.1, -0.05) is 11.3 Å². The first-order valence-electron chi connectivity index (χ1n) is 6.93. The molecule has 1 N–H and O–H groups in total.